The lowest BCUT2D eigenvalue weighted by molar-refractivity contribution is 0.0693. The van der Waals surface area contributed by atoms with Gasteiger partial charge in [0.15, 0.2) is 4.34 Å². The summed E-state index contributed by atoms with van der Waals surface area (Å²) >= 11 is 8.52. The summed E-state index contributed by atoms with van der Waals surface area (Å²) in [5.74, 6) is -0.981. The van der Waals surface area contributed by atoms with Crippen LogP contribution in [0.5, 0.6) is 0 Å². The Morgan fingerprint density at radius 3 is 2.82 bits per heavy atom. The Morgan fingerprint density at radius 2 is 2.24 bits per heavy atom. The van der Waals surface area contributed by atoms with Gasteiger partial charge in [-0.25, -0.2) is 4.79 Å². The Bertz CT molecular complexity index is 571. The van der Waals surface area contributed by atoms with E-state index in [1.807, 2.05) is 6.92 Å². The minimum Gasteiger partial charge on any atom is -0.478 e. The smallest absolute Gasteiger partial charge is 0.336 e. The molecule has 0 spiro atoms. The third-order valence-electron chi connectivity index (χ3n) is 1.88. The zero-order chi connectivity index (χ0) is 12.4. The highest BCUT2D eigenvalue weighted by Crippen LogP contribution is 2.34. The van der Waals surface area contributed by atoms with Gasteiger partial charge in [0.25, 0.3) is 0 Å². The van der Waals surface area contributed by atoms with Crippen molar-refractivity contribution in [2.75, 3.05) is 0 Å². The summed E-state index contributed by atoms with van der Waals surface area (Å²) in [5.41, 5.74) is 0.215. The monoisotopic (exact) mass is 286 g/mol. The van der Waals surface area contributed by atoms with Crippen molar-refractivity contribution in [1.82, 2.24) is 10.2 Å². The van der Waals surface area contributed by atoms with Gasteiger partial charge in [0.2, 0.25) is 0 Å². The number of benzene rings is 1. The first-order valence-corrected chi connectivity index (χ1v) is 6.58. The Morgan fingerprint density at radius 1 is 1.47 bits per heavy atom. The third-order valence-corrected chi connectivity index (χ3v) is 4.06. The highest BCUT2D eigenvalue weighted by molar-refractivity contribution is 8.01. The van der Waals surface area contributed by atoms with Crippen LogP contribution < -0.4 is 0 Å². The molecule has 0 fully saturated rings. The van der Waals surface area contributed by atoms with E-state index in [4.69, 9.17) is 16.7 Å². The molecule has 0 atom stereocenters. The fourth-order valence-electron chi connectivity index (χ4n) is 1.17. The van der Waals surface area contributed by atoms with Crippen molar-refractivity contribution in [1.29, 1.82) is 0 Å². The first kappa shape index (κ1) is 12.3. The number of carboxylic acids is 1. The zero-order valence-corrected chi connectivity index (χ0v) is 11.1. The number of halogens is 1. The van der Waals surface area contributed by atoms with Crippen LogP contribution in [0, 0.1) is 6.92 Å². The second-order valence-corrected chi connectivity index (χ2v) is 6.04. The number of rotatable bonds is 3. The number of aryl methyl sites for hydroxylation is 1. The Kier molecular flexibility index (Phi) is 3.66. The lowest BCUT2D eigenvalue weighted by Gasteiger charge is -2.03. The maximum absolute atomic E-state index is 11.0. The molecule has 2 aromatic rings. The fourth-order valence-corrected chi connectivity index (χ4v) is 3.34. The van der Waals surface area contributed by atoms with Crippen molar-refractivity contribution in [2.45, 2.75) is 16.2 Å². The van der Waals surface area contributed by atoms with E-state index in [9.17, 15) is 4.79 Å². The molecule has 0 aliphatic carbocycles. The molecule has 0 aliphatic rings. The second kappa shape index (κ2) is 5.03. The van der Waals surface area contributed by atoms with Gasteiger partial charge >= 0.3 is 5.97 Å². The maximum atomic E-state index is 11.0. The molecule has 0 unspecified atom stereocenters. The molecule has 1 aromatic carbocycles. The number of hydrogen-bond acceptors (Lipinski definition) is 5. The van der Waals surface area contributed by atoms with Gasteiger partial charge in [0, 0.05) is 9.92 Å². The van der Waals surface area contributed by atoms with Gasteiger partial charge in [0.05, 0.1) is 5.56 Å². The lowest BCUT2D eigenvalue weighted by Crippen LogP contribution is -1.98. The van der Waals surface area contributed by atoms with Crippen LogP contribution in [-0.4, -0.2) is 21.3 Å². The van der Waals surface area contributed by atoms with Gasteiger partial charge < -0.3 is 5.11 Å². The van der Waals surface area contributed by atoms with Gasteiger partial charge in [-0.1, -0.05) is 34.7 Å². The highest BCUT2D eigenvalue weighted by atomic mass is 35.5. The topological polar surface area (TPSA) is 63.1 Å². The Hall–Kier alpha value is -1.11. The molecular formula is C10H7ClN2O2S2. The van der Waals surface area contributed by atoms with Crippen molar-refractivity contribution in [2.24, 2.45) is 0 Å². The van der Waals surface area contributed by atoms with E-state index < -0.39 is 5.97 Å². The highest BCUT2D eigenvalue weighted by Gasteiger charge is 2.13. The van der Waals surface area contributed by atoms with Crippen LogP contribution in [0.3, 0.4) is 0 Å². The van der Waals surface area contributed by atoms with Crippen LogP contribution in [0.4, 0.5) is 0 Å². The average Bonchev–Trinajstić information content (AvgIpc) is 2.63. The molecule has 2 rings (SSSR count). The largest absolute Gasteiger partial charge is 0.478 e. The van der Waals surface area contributed by atoms with Crippen LogP contribution in [-0.2, 0) is 0 Å². The molecule has 0 bridgehead atoms. The Balaban J connectivity index is 2.37. The van der Waals surface area contributed by atoms with Gasteiger partial charge in [0.1, 0.15) is 5.01 Å². The van der Waals surface area contributed by atoms with Crippen LogP contribution in [0.25, 0.3) is 0 Å². The molecule has 17 heavy (non-hydrogen) atoms. The maximum Gasteiger partial charge on any atom is 0.336 e. The van der Waals surface area contributed by atoms with Crippen molar-refractivity contribution in [3.63, 3.8) is 0 Å². The normalized spacial score (nSPS) is 10.5. The van der Waals surface area contributed by atoms with Crippen molar-refractivity contribution >= 4 is 40.7 Å². The molecule has 0 radical (unpaired) electrons. The van der Waals surface area contributed by atoms with E-state index in [1.54, 1.807) is 12.1 Å². The van der Waals surface area contributed by atoms with E-state index in [0.717, 1.165) is 5.01 Å². The Labute approximate surface area is 111 Å². The summed E-state index contributed by atoms with van der Waals surface area (Å²) in [6, 6.07) is 4.66. The number of aromatic nitrogens is 2. The number of aromatic carboxylic acids is 1. The van der Waals surface area contributed by atoms with E-state index in [0.29, 0.717) is 14.3 Å². The SMILES string of the molecule is Cc1nnc(Sc2cc(Cl)ccc2C(=O)O)s1. The first-order valence-electron chi connectivity index (χ1n) is 4.57. The lowest BCUT2D eigenvalue weighted by atomic mass is 10.2. The quantitative estimate of drug-likeness (QED) is 0.937. The third kappa shape index (κ3) is 2.96. The number of carbonyl (C=O) groups is 1. The van der Waals surface area contributed by atoms with E-state index in [1.165, 1.54) is 29.2 Å². The van der Waals surface area contributed by atoms with Gasteiger partial charge in [-0.15, -0.1) is 10.2 Å². The van der Waals surface area contributed by atoms with Gasteiger partial charge in [-0.3, -0.25) is 0 Å². The average molecular weight is 287 g/mol. The first-order chi connectivity index (χ1) is 8.06. The van der Waals surface area contributed by atoms with Crippen molar-refractivity contribution < 1.29 is 9.90 Å². The zero-order valence-electron chi connectivity index (χ0n) is 8.68. The molecule has 0 amide bonds. The summed E-state index contributed by atoms with van der Waals surface area (Å²) in [4.78, 5) is 11.6. The standard InChI is InChI=1S/C10H7ClN2O2S2/c1-5-12-13-10(16-5)17-8-4-6(11)2-3-7(8)9(14)15/h2-4H,1H3,(H,14,15). The number of hydrogen-bond donors (Lipinski definition) is 1. The van der Waals surface area contributed by atoms with Crippen LogP contribution in [0.15, 0.2) is 27.4 Å². The van der Waals surface area contributed by atoms with Crippen LogP contribution in [0.1, 0.15) is 15.4 Å². The van der Waals surface area contributed by atoms with E-state index >= 15 is 0 Å². The predicted octanol–water partition coefficient (Wildman–Crippen LogP) is 3.35. The molecule has 1 heterocycles. The molecule has 1 N–H and O–H groups in total. The molecular weight excluding hydrogens is 280 g/mol. The van der Waals surface area contributed by atoms with Gasteiger partial charge in [-0.2, -0.15) is 0 Å². The summed E-state index contributed by atoms with van der Waals surface area (Å²) in [6.07, 6.45) is 0. The van der Waals surface area contributed by atoms with Crippen molar-refractivity contribution in [3.8, 4) is 0 Å². The molecule has 0 saturated carbocycles. The molecule has 7 heteroatoms. The van der Waals surface area contributed by atoms with E-state index in [2.05, 4.69) is 10.2 Å². The van der Waals surface area contributed by atoms with Crippen LogP contribution >= 0.6 is 34.7 Å². The summed E-state index contributed by atoms with van der Waals surface area (Å²) in [7, 11) is 0. The minimum absolute atomic E-state index is 0.215. The molecule has 1 aromatic heterocycles. The fraction of sp³-hybridized carbons (Fsp3) is 0.100. The number of carboxylic acid groups (broad SMARTS) is 1. The molecule has 0 saturated heterocycles. The summed E-state index contributed by atoms with van der Waals surface area (Å²) < 4.78 is 0.701. The van der Waals surface area contributed by atoms with E-state index in [-0.39, 0.29) is 5.56 Å². The van der Waals surface area contributed by atoms with Gasteiger partial charge in [-0.05, 0) is 25.1 Å². The van der Waals surface area contributed by atoms with Crippen LogP contribution in [0.2, 0.25) is 5.02 Å². The molecule has 4 nitrogen and oxygen atoms in total. The minimum atomic E-state index is -0.981. The number of nitrogens with zero attached hydrogens (tertiary/aromatic N) is 2. The summed E-state index contributed by atoms with van der Waals surface area (Å²) in [5, 5.41) is 18.2. The molecule has 88 valence electrons. The second-order valence-electron chi connectivity index (χ2n) is 3.13. The summed E-state index contributed by atoms with van der Waals surface area (Å²) in [6.45, 7) is 1.85. The predicted molar refractivity (Wildman–Crippen MR) is 67.2 cm³/mol. The molecule has 0 aliphatic heterocycles. The van der Waals surface area contributed by atoms with Crippen molar-refractivity contribution in [3.05, 3.63) is 33.8 Å².